The molecule has 0 aliphatic heterocycles. The maximum atomic E-state index is 11.7. The van der Waals surface area contributed by atoms with Gasteiger partial charge in [0, 0.05) is 18.9 Å². The lowest BCUT2D eigenvalue weighted by Gasteiger charge is -2.04. The Kier molecular flexibility index (Phi) is 3.92. The molecule has 0 aromatic carbocycles. The zero-order valence-corrected chi connectivity index (χ0v) is 10.00. The van der Waals surface area contributed by atoms with Crippen molar-refractivity contribution in [2.24, 2.45) is 0 Å². The van der Waals surface area contributed by atoms with Crippen LogP contribution < -0.4 is 5.32 Å². The van der Waals surface area contributed by atoms with E-state index in [0.29, 0.717) is 13.0 Å². The first-order valence-electron chi connectivity index (χ1n) is 5.66. The van der Waals surface area contributed by atoms with Crippen molar-refractivity contribution in [3.63, 3.8) is 0 Å². The van der Waals surface area contributed by atoms with Gasteiger partial charge in [-0.25, -0.2) is 4.79 Å². The minimum Gasteiger partial charge on any atom is -0.478 e. The van der Waals surface area contributed by atoms with Crippen LogP contribution in [0.25, 0.3) is 0 Å². The minimum absolute atomic E-state index is 0.138. The van der Waals surface area contributed by atoms with Gasteiger partial charge in [-0.1, -0.05) is 0 Å². The number of aromatic carboxylic acids is 1. The van der Waals surface area contributed by atoms with Gasteiger partial charge < -0.3 is 14.8 Å². The zero-order valence-electron chi connectivity index (χ0n) is 10.00. The predicted molar refractivity (Wildman–Crippen MR) is 65.9 cm³/mol. The van der Waals surface area contributed by atoms with Crippen LogP contribution in [-0.4, -0.2) is 28.5 Å². The Labute approximate surface area is 109 Å². The van der Waals surface area contributed by atoms with Crippen LogP contribution in [0, 0.1) is 0 Å². The van der Waals surface area contributed by atoms with Gasteiger partial charge >= 0.3 is 5.97 Å². The van der Waals surface area contributed by atoms with Gasteiger partial charge in [0.15, 0.2) is 0 Å². The van der Waals surface area contributed by atoms with E-state index < -0.39 is 11.9 Å². The molecule has 98 valence electrons. The summed E-state index contributed by atoms with van der Waals surface area (Å²) in [6.07, 6.45) is 5.16. The maximum absolute atomic E-state index is 11.7. The van der Waals surface area contributed by atoms with Crippen LogP contribution in [0.3, 0.4) is 0 Å². The number of hydrogen-bond acceptors (Lipinski definition) is 4. The third-order valence-corrected chi connectivity index (χ3v) is 2.55. The molecule has 2 aromatic heterocycles. The van der Waals surface area contributed by atoms with Crippen molar-refractivity contribution in [3.8, 4) is 0 Å². The Morgan fingerprint density at radius 1 is 1.26 bits per heavy atom. The second kappa shape index (κ2) is 5.81. The van der Waals surface area contributed by atoms with Gasteiger partial charge in [-0.15, -0.1) is 0 Å². The molecule has 0 saturated heterocycles. The number of nitrogens with zero attached hydrogens (tertiary/aromatic N) is 1. The Morgan fingerprint density at radius 3 is 2.68 bits per heavy atom. The summed E-state index contributed by atoms with van der Waals surface area (Å²) in [5, 5.41) is 11.5. The highest BCUT2D eigenvalue weighted by Crippen LogP contribution is 2.10. The van der Waals surface area contributed by atoms with Crippen LogP contribution >= 0.6 is 0 Å². The van der Waals surface area contributed by atoms with Crippen molar-refractivity contribution < 1.29 is 19.1 Å². The first-order chi connectivity index (χ1) is 9.18. The average molecular weight is 260 g/mol. The van der Waals surface area contributed by atoms with E-state index in [1.807, 2.05) is 12.1 Å². The number of carboxylic acids is 1. The summed E-state index contributed by atoms with van der Waals surface area (Å²) < 4.78 is 4.89. The fourth-order valence-electron chi connectivity index (χ4n) is 1.60. The normalized spacial score (nSPS) is 10.1. The molecule has 0 saturated carbocycles. The molecular formula is C13H12N2O4. The summed E-state index contributed by atoms with van der Waals surface area (Å²) in [4.78, 5) is 26.5. The van der Waals surface area contributed by atoms with E-state index in [1.165, 1.54) is 12.3 Å². The summed E-state index contributed by atoms with van der Waals surface area (Å²) in [5.74, 6) is -1.90. The number of carbonyl (C=O) groups excluding carboxylic acids is 1. The molecular weight excluding hydrogens is 248 g/mol. The topological polar surface area (TPSA) is 92.4 Å². The molecule has 0 aliphatic rings. The molecule has 0 aliphatic carbocycles. The number of rotatable bonds is 5. The molecule has 0 radical (unpaired) electrons. The molecule has 0 bridgehead atoms. The van der Waals surface area contributed by atoms with Gasteiger partial charge in [0.25, 0.3) is 5.91 Å². The van der Waals surface area contributed by atoms with Crippen molar-refractivity contribution in [2.75, 3.05) is 6.54 Å². The van der Waals surface area contributed by atoms with Crippen LogP contribution in [0.5, 0.6) is 0 Å². The van der Waals surface area contributed by atoms with E-state index in [1.54, 1.807) is 12.4 Å². The molecule has 1 amide bonds. The third-order valence-electron chi connectivity index (χ3n) is 2.55. The monoisotopic (exact) mass is 260 g/mol. The van der Waals surface area contributed by atoms with E-state index in [9.17, 15) is 9.59 Å². The van der Waals surface area contributed by atoms with E-state index in [0.717, 1.165) is 5.56 Å². The summed E-state index contributed by atoms with van der Waals surface area (Å²) >= 11 is 0. The molecule has 6 heteroatoms. The predicted octanol–water partition coefficient (Wildman–Crippen LogP) is 1.35. The second-order valence-electron chi connectivity index (χ2n) is 3.83. The number of nitrogens with one attached hydrogen (secondary N) is 1. The number of carbonyl (C=O) groups is 2. The molecule has 0 unspecified atom stereocenters. The van der Waals surface area contributed by atoms with Crippen LogP contribution in [0.15, 0.2) is 41.3 Å². The van der Waals surface area contributed by atoms with Crippen LogP contribution in [-0.2, 0) is 6.42 Å². The van der Waals surface area contributed by atoms with Gasteiger partial charge in [-0.3, -0.25) is 9.78 Å². The molecule has 2 aromatic rings. The third kappa shape index (κ3) is 3.19. The van der Waals surface area contributed by atoms with Crippen molar-refractivity contribution in [1.82, 2.24) is 10.3 Å². The highest BCUT2D eigenvalue weighted by Gasteiger charge is 2.19. The van der Waals surface area contributed by atoms with Crippen LogP contribution in [0.4, 0.5) is 0 Å². The summed E-state index contributed by atoms with van der Waals surface area (Å²) in [5.41, 5.74) is 0.898. The number of aromatic nitrogens is 1. The molecule has 0 fully saturated rings. The second-order valence-corrected chi connectivity index (χ2v) is 3.83. The van der Waals surface area contributed by atoms with Crippen molar-refractivity contribution in [3.05, 3.63) is 53.7 Å². The quantitative estimate of drug-likeness (QED) is 0.846. The number of amides is 1. The summed E-state index contributed by atoms with van der Waals surface area (Å²) in [6, 6.07) is 4.95. The van der Waals surface area contributed by atoms with Gasteiger partial charge in [-0.2, -0.15) is 0 Å². The lowest BCUT2D eigenvalue weighted by molar-refractivity contribution is 0.0688. The molecule has 0 spiro atoms. The van der Waals surface area contributed by atoms with E-state index in [-0.39, 0.29) is 11.3 Å². The Bertz CT molecular complexity index is 577. The SMILES string of the molecule is O=C(O)c1ccoc1C(=O)NCCc1ccncc1. The molecule has 0 atom stereocenters. The van der Waals surface area contributed by atoms with E-state index in [2.05, 4.69) is 10.3 Å². The summed E-state index contributed by atoms with van der Waals surface area (Å²) in [6.45, 7) is 0.391. The average Bonchev–Trinajstić information content (AvgIpc) is 2.89. The fourth-order valence-corrected chi connectivity index (χ4v) is 1.60. The minimum atomic E-state index is -1.19. The Hall–Kier alpha value is -2.63. The number of hydrogen-bond donors (Lipinski definition) is 2. The number of furan rings is 1. The highest BCUT2D eigenvalue weighted by atomic mass is 16.4. The van der Waals surface area contributed by atoms with Crippen molar-refractivity contribution in [1.29, 1.82) is 0 Å². The number of carboxylic acid groups (broad SMARTS) is 1. The smallest absolute Gasteiger partial charge is 0.339 e. The van der Waals surface area contributed by atoms with Crippen LogP contribution in [0.2, 0.25) is 0 Å². The van der Waals surface area contributed by atoms with Crippen LogP contribution in [0.1, 0.15) is 26.5 Å². The van der Waals surface area contributed by atoms with Gasteiger partial charge in [0.2, 0.25) is 5.76 Å². The van der Waals surface area contributed by atoms with Crippen molar-refractivity contribution in [2.45, 2.75) is 6.42 Å². The van der Waals surface area contributed by atoms with E-state index >= 15 is 0 Å². The lowest BCUT2D eigenvalue weighted by Crippen LogP contribution is -2.26. The number of pyridine rings is 1. The van der Waals surface area contributed by atoms with Crippen molar-refractivity contribution >= 4 is 11.9 Å². The Balaban J connectivity index is 1.91. The Morgan fingerprint density at radius 2 is 2.00 bits per heavy atom. The molecule has 2 N–H and O–H groups in total. The summed E-state index contributed by atoms with van der Waals surface area (Å²) in [7, 11) is 0. The maximum Gasteiger partial charge on any atom is 0.339 e. The fraction of sp³-hybridized carbons (Fsp3) is 0.154. The lowest BCUT2D eigenvalue weighted by atomic mass is 10.2. The van der Waals surface area contributed by atoms with Gasteiger partial charge in [0.1, 0.15) is 5.56 Å². The van der Waals surface area contributed by atoms with Gasteiger partial charge in [0.05, 0.1) is 6.26 Å². The highest BCUT2D eigenvalue weighted by molar-refractivity contribution is 6.02. The molecule has 19 heavy (non-hydrogen) atoms. The van der Waals surface area contributed by atoms with E-state index in [4.69, 9.17) is 9.52 Å². The first-order valence-corrected chi connectivity index (χ1v) is 5.66. The molecule has 6 nitrogen and oxygen atoms in total. The first kappa shape index (κ1) is 12.8. The molecule has 2 heterocycles. The standard InChI is InChI=1S/C13H12N2O4/c16-12(11-10(13(17)18)4-8-19-11)15-7-3-9-1-5-14-6-2-9/h1-2,4-6,8H,3,7H2,(H,15,16)(H,17,18). The largest absolute Gasteiger partial charge is 0.478 e. The molecule has 2 rings (SSSR count). The van der Waals surface area contributed by atoms with Gasteiger partial charge in [-0.05, 0) is 30.2 Å². The zero-order chi connectivity index (χ0) is 13.7.